The van der Waals surface area contributed by atoms with Crippen LogP contribution in [-0.4, -0.2) is 36.3 Å². The summed E-state index contributed by atoms with van der Waals surface area (Å²) in [5.74, 6) is -0.474. The minimum absolute atomic E-state index is 0.0622. The third-order valence-corrected chi connectivity index (χ3v) is 2.98. The van der Waals surface area contributed by atoms with E-state index in [2.05, 4.69) is 11.4 Å². The molecule has 2 amide bonds. The summed E-state index contributed by atoms with van der Waals surface area (Å²) in [5.41, 5.74) is 0.0622. The molecule has 0 atom stereocenters. The molecule has 15 heavy (non-hydrogen) atoms. The molecule has 2 fully saturated rings. The monoisotopic (exact) mass is 207 g/mol. The molecule has 1 aliphatic carbocycles. The van der Waals surface area contributed by atoms with Gasteiger partial charge in [-0.05, 0) is 18.3 Å². The van der Waals surface area contributed by atoms with E-state index in [1.807, 2.05) is 4.90 Å². The summed E-state index contributed by atoms with van der Waals surface area (Å²) in [5, 5.41) is 10.9. The highest BCUT2D eigenvalue weighted by Gasteiger charge is 2.44. The first kappa shape index (κ1) is 10.1. The van der Waals surface area contributed by atoms with Crippen LogP contribution in [0.25, 0.3) is 0 Å². The van der Waals surface area contributed by atoms with E-state index in [9.17, 15) is 9.59 Å². The van der Waals surface area contributed by atoms with Crippen LogP contribution >= 0.6 is 0 Å². The fraction of sp³-hybridized carbons (Fsp3) is 0.700. The Morgan fingerprint density at radius 1 is 1.33 bits per heavy atom. The van der Waals surface area contributed by atoms with Gasteiger partial charge in [0.05, 0.1) is 19.2 Å². The number of amides is 2. The lowest BCUT2D eigenvalue weighted by atomic mass is 10.0. The number of rotatable bonds is 3. The van der Waals surface area contributed by atoms with Crippen molar-refractivity contribution >= 4 is 11.8 Å². The third-order valence-electron chi connectivity index (χ3n) is 2.98. The molecule has 0 bridgehead atoms. The molecule has 0 radical (unpaired) electrons. The minimum atomic E-state index is -0.237. The molecular weight excluding hydrogens is 194 g/mol. The molecule has 0 spiro atoms. The van der Waals surface area contributed by atoms with E-state index in [1.54, 1.807) is 0 Å². The van der Waals surface area contributed by atoms with Crippen molar-refractivity contribution in [1.29, 1.82) is 5.26 Å². The quantitative estimate of drug-likeness (QED) is 0.641. The van der Waals surface area contributed by atoms with E-state index in [4.69, 9.17) is 5.26 Å². The van der Waals surface area contributed by atoms with E-state index >= 15 is 0 Å². The van der Waals surface area contributed by atoms with Gasteiger partial charge in [0.1, 0.15) is 0 Å². The molecule has 1 heterocycles. The number of nitrogens with one attached hydrogen (secondary N) is 1. The Hall–Kier alpha value is -1.41. The van der Waals surface area contributed by atoms with Crippen LogP contribution < -0.4 is 5.32 Å². The standard InChI is InChI=1S/C10H13N3O2/c11-4-3-10(1-2-10)7-13-5-8(14)12-9(15)6-13/h1-3,5-7H2,(H,12,14,15). The summed E-state index contributed by atoms with van der Waals surface area (Å²) in [6.07, 6.45) is 2.60. The van der Waals surface area contributed by atoms with E-state index in [-0.39, 0.29) is 30.3 Å². The Labute approximate surface area is 88.0 Å². The molecule has 2 aliphatic rings. The highest BCUT2D eigenvalue weighted by atomic mass is 16.2. The molecule has 1 N–H and O–H groups in total. The van der Waals surface area contributed by atoms with E-state index in [1.165, 1.54) is 0 Å². The van der Waals surface area contributed by atoms with Gasteiger partial charge in [-0.3, -0.25) is 19.8 Å². The second kappa shape index (κ2) is 3.63. The fourth-order valence-electron chi connectivity index (χ4n) is 2.02. The average molecular weight is 207 g/mol. The second-order valence-corrected chi connectivity index (χ2v) is 4.45. The van der Waals surface area contributed by atoms with Crippen LogP contribution in [-0.2, 0) is 9.59 Å². The predicted octanol–water partition coefficient (Wildman–Crippen LogP) is -0.361. The summed E-state index contributed by atoms with van der Waals surface area (Å²) >= 11 is 0. The van der Waals surface area contributed by atoms with Crippen molar-refractivity contribution in [2.75, 3.05) is 19.6 Å². The van der Waals surface area contributed by atoms with E-state index in [0.29, 0.717) is 13.0 Å². The molecule has 5 heteroatoms. The highest BCUT2D eigenvalue weighted by molar-refractivity contribution is 5.99. The first-order chi connectivity index (χ1) is 7.13. The van der Waals surface area contributed by atoms with Crippen molar-refractivity contribution < 1.29 is 9.59 Å². The summed E-state index contributed by atoms with van der Waals surface area (Å²) < 4.78 is 0. The van der Waals surface area contributed by atoms with Gasteiger partial charge in [0.15, 0.2) is 0 Å². The Balaban J connectivity index is 1.92. The molecule has 0 aromatic rings. The average Bonchev–Trinajstić information content (AvgIpc) is 2.83. The zero-order valence-electron chi connectivity index (χ0n) is 8.45. The van der Waals surface area contributed by atoms with Gasteiger partial charge in [-0.15, -0.1) is 0 Å². The Morgan fingerprint density at radius 3 is 2.40 bits per heavy atom. The summed E-state index contributed by atoms with van der Waals surface area (Å²) in [7, 11) is 0. The first-order valence-electron chi connectivity index (χ1n) is 5.06. The van der Waals surface area contributed by atoms with Crippen molar-refractivity contribution in [3.8, 4) is 6.07 Å². The van der Waals surface area contributed by atoms with Crippen LogP contribution in [0, 0.1) is 16.7 Å². The summed E-state index contributed by atoms with van der Waals surface area (Å²) in [6, 6.07) is 2.17. The van der Waals surface area contributed by atoms with Gasteiger partial charge in [-0.25, -0.2) is 0 Å². The summed E-state index contributed by atoms with van der Waals surface area (Å²) in [4.78, 5) is 24.1. The number of carbonyl (C=O) groups excluding carboxylic acids is 2. The van der Waals surface area contributed by atoms with Gasteiger partial charge < -0.3 is 0 Å². The molecule has 2 rings (SSSR count). The maximum absolute atomic E-state index is 11.1. The molecule has 0 unspecified atom stereocenters. The van der Waals surface area contributed by atoms with Crippen LogP contribution in [0.4, 0.5) is 0 Å². The van der Waals surface area contributed by atoms with Gasteiger partial charge in [0.2, 0.25) is 11.8 Å². The zero-order valence-corrected chi connectivity index (χ0v) is 8.45. The smallest absolute Gasteiger partial charge is 0.240 e. The van der Waals surface area contributed by atoms with Crippen molar-refractivity contribution in [2.45, 2.75) is 19.3 Å². The van der Waals surface area contributed by atoms with Crippen molar-refractivity contribution in [3.05, 3.63) is 0 Å². The predicted molar refractivity (Wildman–Crippen MR) is 51.5 cm³/mol. The lowest BCUT2D eigenvalue weighted by molar-refractivity contribution is -0.136. The molecular formula is C10H13N3O2. The maximum atomic E-state index is 11.1. The van der Waals surface area contributed by atoms with Gasteiger partial charge in [-0.2, -0.15) is 5.26 Å². The van der Waals surface area contributed by atoms with Crippen molar-refractivity contribution in [3.63, 3.8) is 0 Å². The molecule has 1 saturated carbocycles. The summed E-state index contributed by atoms with van der Waals surface area (Å²) in [6.45, 7) is 1.25. The number of hydrogen-bond donors (Lipinski definition) is 1. The highest BCUT2D eigenvalue weighted by Crippen LogP contribution is 2.49. The van der Waals surface area contributed by atoms with Crippen LogP contribution in [0.5, 0.6) is 0 Å². The normalized spacial score (nSPS) is 24.5. The van der Waals surface area contributed by atoms with Gasteiger partial charge in [-0.1, -0.05) is 0 Å². The van der Waals surface area contributed by atoms with Gasteiger partial charge in [0.25, 0.3) is 0 Å². The van der Waals surface area contributed by atoms with Crippen LogP contribution in [0.15, 0.2) is 0 Å². The molecule has 80 valence electrons. The number of imide groups is 1. The number of piperazine rings is 1. The molecule has 5 nitrogen and oxygen atoms in total. The van der Waals surface area contributed by atoms with Crippen LogP contribution in [0.2, 0.25) is 0 Å². The Kier molecular flexibility index (Phi) is 2.45. The number of nitriles is 1. The molecule has 0 aromatic carbocycles. The van der Waals surface area contributed by atoms with E-state index in [0.717, 1.165) is 12.8 Å². The number of nitrogens with zero attached hydrogens (tertiary/aromatic N) is 2. The minimum Gasteiger partial charge on any atom is -0.294 e. The van der Waals surface area contributed by atoms with Gasteiger partial charge >= 0.3 is 0 Å². The molecule has 1 aliphatic heterocycles. The van der Waals surface area contributed by atoms with Crippen LogP contribution in [0.3, 0.4) is 0 Å². The topological polar surface area (TPSA) is 73.2 Å². The zero-order chi connectivity index (χ0) is 10.9. The molecule has 0 aromatic heterocycles. The lowest BCUT2D eigenvalue weighted by Gasteiger charge is -2.28. The van der Waals surface area contributed by atoms with E-state index < -0.39 is 0 Å². The number of hydrogen-bond acceptors (Lipinski definition) is 4. The maximum Gasteiger partial charge on any atom is 0.240 e. The third kappa shape index (κ3) is 2.34. The second-order valence-electron chi connectivity index (χ2n) is 4.45. The Bertz CT molecular complexity index is 325. The van der Waals surface area contributed by atoms with Gasteiger partial charge in [0, 0.05) is 13.0 Å². The SMILES string of the molecule is N#CCC1(CN2CC(=O)NC(=O)C2)CC1. The molecule has 1 saturated heterocycles. The first-order valence-corrected chi connectivity index (χ1v) is 5.06. The largest absolute Gasteiger partial charge is 0.294 e. The van der Waals surface area contributed by atoms with Crippen LogP contribution in [0.1, 0.15) is 19.3 Å². The number of carbonyl (C=O) groups is 2. The fourth-order valence-corrected chi connectivity index (χ4v) is 2.02. The van der Waals surface area contributed by atoms with Crippen molar-refractivity contribution in [2.24, 2.45) is 5.41 Å². The lowest BCUT2D eigenvalue weighted by Crippen LogP contribution is -2.52. The Morgan fingerprint density at radius 2 is 1.93 bits per heavy atom. The van der Waals surface area contributed by atoms with Crippen molar-refractivity contribution in [1.82, 2.24) is 10.2 Å².